The van der Waals surface area contributed by atoms with Crippen LogP contribution in [0.25, 0.3) is 0 Å². The van der Waals surface area contributed by atoms with E-state index >= 15 is 0 Å². The second kappa shape index (κ2) is 8.47. The number of benzene rings is 1. The zero-order chi connectivity index (χ0) is 14.5. The van der Waals surface area contributed by atoms with Gasteiger partial charge in [-0.3, -0.25) is 0 Å². The fourth-order valence-electron chi connectivity index (χ4n) is 2.99. The van der Waals surface area contributed by atoms with Crippen LogP contribution in [-0.2, 0) is 0 Å². The van der Waals surface area contributed by atoms with Crippen molar-refractivity contribution in [1.82, 2.24) is 0 Å². The fourth-order valence-corrected chi connectivity index (χ4v) is 2.99. The van der Waals surface area contributed by atoms with Crippen molar-refractivity contribution in [3.63, 3.8) is 0 Å². The smallest absolute Gasteiger partial charge is 0.122 e. The number of halogens is 1. The van der Waals surface area contributed by atoms with Crippen LogP contribution < -0.4 is 15.2 Å². The summed E-state index contributed by atoms with van der Waals surface area (Å²) in [6.07, 6.45) is 5.27. The van der Waals surface area contributed by atoms with Crippen LogP contribution in [0.4, 0.5) is 0 Å². The molecule has 1 aliphatic carbocycles. The van der Waals surface area contributed by atoms with Gasteiger partial charge >= 0.3 is 0 Å². The number of aliphatic hydroxyl groups is 1. The number of rotatable bonds is 5. The number of ether oxygens (including phenoxy) is 2. The Hall–Kier alpha value is -0.970. The van der Waals surface area contributed by atoms with Crippen LogP contribution in [-0.4, -0.2) is 25.4 Å². The van der Waals surface area contributed by atoms with Gasteiger partial charge in [-0.05, 0) is 36.5 Å². The molecule has 2 atom stereocenters. The molecule has 2 rings (SSSR count). The molecule has 0 aliphatic heterocycles. The molecule has 0 heterocycles. The molecule has 21 heavy (non-hydrogen) atoms. The van der Waals surface area contributed by atoms with Crippen molar-refractivity contribution in [1.29, 1.82) is 0 Å². The van der Waals surface area contributed by atoms with E-state index in [0.29, 0.717) is 17.4 Å². The van der Waals surface area contributed by atoms with Crippen molar-refractivity contribution in [2.24, 2.45) is 11.7 Å². The minimum atomic E-state index is -0.507. The highest BCUT2D eigenvalue weighted by molar-refractivity contribution is 5.85. The van der Waals surface area contributed by atoms with Crippen LogP contribution in [0.1, 0.15) is 43.7 Å². The molecule has 3 N–H and O–H groups in total. The predicted octanol–water partition coefficient (Wildman–Crippen LogP) is 3.07. The van der Waals surface area contributed by atoms with E-state index in [-0.39, 0.29) is 12.4 Å². The second-order valence-corrected chi connectivity index (χ2v) is 5.56. The van der Waals surface area contributed by atoms with Gasteiger partial charge in [0.2, 0.25) is 0 Å². The lowest BCUT2D eigenvalue weighted by Crippen LogP contribution is -2.34. The summed E-state index contributed by atoms with van der Waals surface area (Å²) in [6.45, 7) is 0. The Bertz CT molecular complexity index is 413. The molecule has 1 aromatic carbocycles. The van der Waals surface area contributed by atoms with Gasteiger partial charge in [0.25, 0.3) is 0 Å². The van der Waals surface area contributed by atoms with Gasteiger partial charge in [-0.1, -0.05) is 19.3 Å². The lowest BCUT2D eigenvalue weighted by Gasteiger charge is -2.30. The number of aliphatic hydroxyl groups excluding tert-OH is 1. The molecule has 0 radical (unpaired) electrons. The summed E-state index contributed by atoms with van der Waals surface area (Å²) in [5, 5.41) is 10.5. The third-order valence-corrected chi connectivity index (χ3v) is 4.26. The van der Waals surface area contributed by atoms with Gasteiger partial charge < -0.3 is 20.3 Å². The highest BCUT2D eigenvalue weighted by Gasteiger charge is 2.28. The summed E-state index contributed by atoms with van der Waals surface area (Å²) in [5.74, 6) is 1.70. The third-order valence-electron chi connectivity index (χ3n) is 4.26. The topological polar surface area (TPSA) is 64.7 Å². The van der Waals surface area contributed by atoms with Crippen LogP contribution in [0, 0.1) is 5.92 Å². The Morgan fingerprint density at radius 1 is 1.05 bits per heavy atom. The molecule has 1 saturated carbocycles. The lowest BCUT2D eigenvalue weighted by atomic mass is 9.81. The number of hydrogen-bond acceptors (Lipinski definition) is 4. The van der Waals surface area contributed by atoms with Gasteiger partial charge in [0, 0.05) is 6.07 Å². The van der Waals surface area contributed by atoms with E-state index in [9.17, 15) is 5.11 Å². The van der Waals surface area contributed by atoms with Gasteiger partial charge in [0.05, 0.1) is 26.4 Å². The largest absolute Gasteiger partial charge is 0.497 e. The summed E-state index contributed by atoms with van der Waals surface area (Å²) < 4.78 is 10.5. The normalized spacial score (nSPS) is 18.5. The van der Waals surface area contributed by atoms with Gasteiger partial charge in [0.1, 0.15) is 11.5 Å². The van der Waals surface area contributed by atoms with Crippen LogP contribution in [0.15, 0.2) is 18.2 Å². The molecule has 0 bridgehead atoms. The first-order valence-corrected chi connectivity index (χ1v) is 7.32. The van der Waals surface area contributed by atoms with Gasteiger partial charge in [-0.15, -0.1) is 12.4 Å². The molecular weight excluding hydrogens is 290 g/mol. The van der Waals surface area contributed by atoms with Crippen molar-refractivity contribution < 1.29 is 14.6 Å². The molecule has 0 saturated heterocycles. The first-order chi connectivity index (χ1) is 9.65. The van der Waals surface area contributed by atoms with Crippen molar-refractivity contribution in [3.05, 3.63) is 23.8 Å². The predicted molar refractivity (Wildman–Crippen MR) is 86.3 cm³/mol. The molecule has 1 aliphatic rings. The molecule has 1 fully saturated rings. The third kappa shape index (κ3) is 4.50. The zero-order valence-corrected chi connectivity index (χ0v) is 13.6. The summed E-state index contributed by atoms with van der Waals surface area (Å²) in [6, 6.07) is 5.16. The maximum absolute atomic E-state index is 10.5. The number of nitrogens with two attached hydrogens (primary N) is 1. The molecule has 0 spiro atoms. The minimum Gasteiger partial charge on any atom is -0.497 e. The Balaban J connectivity index is 0.00000220. The monoisotopic (exact) mass is 315 g/mol. The highest BCUT2D eigenvalue weighted by atomic mass is 35.5. The fraction of sp³-hybridized carbons (Fsp3) is 0.625. The molecule has 120 valence electrons. The first kappa shape index (κ1) is 18.1. The van der Waals surface area contributed by atoms with E-state index in [1.807, 2.05) is 18.2 Å². The molecular formula is C16H26ClNO3. The number of hydrogen-bond donors (Lipinski definition) is 2. The summed E-state index contributed by atoms with van der Waals surface area (Å²) in [7, 11) is 3.23. The maximum Gasteiger partial charge on any atom is 0.122 e. The van der Waals surface area contributed by atoms with E-state index in [4.69, 9.17) is 15.2 Å². The van der Waals surface area contributed by atoms with Crippen molar-refractivity contribution in [3.8, 4) is 11.5 Å². The maximum atomic E-state index is 10.5. The van der Waals surface area contributed by atoms with Gasteiger partial charge in [0.15, 0.2) is 0 Å². The molecule has 0 unspecified atom stereocenters. The Labute approximate surface area is 133 Å². The van der Waals surface area contributed by atoms with Crippen LogP contribution in [0.3, 0.4) is 0 Å². The molecule has 1 aromatic rings. The van der Waals surface area contributed by atoms with Gasteiger partial charge in [-0.25, -0.2) is 0 Å². The second-order valence-electron chi connectivity index (χ2n) is 5.56. The van der Waals surface area contributed by atoms with Crippen LogP contribution >= 0.6 is 12.4 Å². The standard InChI is InChI=1S/C16H25NO3.ClH/c1-19-13-8-12(9-14(10-13)20-2)15(17)16(18)11-6-4-3-5-7-11;/h8-11,15-16,18H,3-7,17H2,1-2H3;1H/t15-,16+;/m1./s1. The molecule has 4 nitrogen and oxygen atoms in total. The summed E-state index contributed by atoms with van der Waals surface area (Å²) in [4.78, 5) is 0. The van der Waals surface area contributed by atoms with Crippen LogP contribution in [0.5, 0.6) is 11.5 Å². The van der Waals surface area contributed by atoms with Gasteiger partial charge in [-0.2, -0.15) is 0 Å². The van der Waals surface area contributed by atoms with E-state index < -0.39 is 12.1 Å². The van der Waals surface area contributed by atoms with E-state index in [2.05, 4.69) is 0 Å². The summed E-state index contributed by atoms with van der Waals surface area (Å²) >= 11 is 0. The molecule has 5 heteroatoms. The Morgan fingerprint density at radius 3 is 2.05 bits per heavy atom. The number of methoxy groups -OCH3 is 2. The zero-order valence-electron chi connectivity index (χ0n) is 12.7. The Kier molecular flexibility index (Phi) is 7.29. The minimum absolute atomic E-state index is 0. The molecule has 0 aromatic heterocycles. The van der Waals surface area contributed by atoms with Crippen molar-refractivity contribution in [2.45, 2.75) is 44.2 Å². The quantitative estimate of drug-likeness (QED) is 0.876. The lowest BCUT2D eigenvalue weighted by molar-refractivity contribution is 0.0617. The average Bonchev–Trinajstić information content (AvgIpc) is 2.53. The summed E-state index contributed by atoms with van der Waals surface area (Å²) in [5.41, 5.74) is 7.12. The molecule has 0 amide bonds. The van der Waals surface area contributed by atoms with E-state index in [1.54, 1.807) is 14.2 Å². The van der Waals surface area contributed by atoms with Crippen LogP contribution in [0.2, 0.25) is 0 Å². The average molecular weight is 316 g/mol. The van der Waals surface area contributed by atoms with Crippen molar-refractivity contribution >= 4 is 12.4 Å². The SMILES string of the molecule is COc1cc(OC)cc([C@@H](N)[C@@H](O)C2CCCCC2)c1.Cl. The highest BCUT2D eigenvalue weighted by Crippen LogP contribution is 2.33. The van der Waals surface area contributed by atoms with Crippen molar-refractivity contribution in [2.75, 3.05) is 14.2 Å². The van der Waals surface area contributed by atoms with E-state index in [1.165, 1.54) is 19.3 Å². The Morgan fingerprint density at radius 2 is 1.57 bits per heavy atom. The van der Waals surface area contributed by atoms with E-state index in [0.717, 1.165) is 18.4 Å². The first-order valence-electron chi connectivity index (χ1n) is 7.32.